The predicted octanol–water partition coefficient (Wildman–Crippen LogP) is 1.98. The second-order valence-corrected chi connectivity index (χ2v) is 4.06. The Kier molecular flexibility index (Phi) is 4.67. The van der Waals surface area contributed by atoms with E-state index in [1.165, 1.54) is 12.1 Å². The summed E-state index contributed by atoms with van der Waals surface area (Å²) in [5.74, 6) is -0.583. The van der Waals surface area contributed by atoms with E-state index in [1.807, 2.05) is 13.0 Å². The fraction of sp³-hybridized carbons (Fsp3) is 0.385. The molecule has 0 saturated carbocycles. The Morgan fingerprint density at radius 3 is 2.78 bits per heavy atom. The molecule has 1 aromatic carbocycles. The summed E-state index contributed by atoms with van der Waals surface area (Å²) in [6.45, 7) is 4.18. The van der Waals surface area contributed by atoms with Crippen LogP contribution in [-0.2, 0) is 4.79 Å². The maximum absolute atomic E-state index is 13.2. The third-order valence-corrected chi connectivity index (χ3v) is 2.63. The van der Waals surface area contributed by atoms with Crippen molar-refractivity contribution in [2.45, 2.75) is 19.9 Å². The summed E-state index contributed by atoms with van der Waals surface area (Å²) in [7, 11) is 1.70. The molecule has 5 heteroatoms. The summed E-state index contributed by atoms with van der Waals surface area (Å²) in [5, 5.41) is 11.6. The number of hydrogen-bond acceptors (Lipinski definition) is 3. The van der Waals surface area contributed by atoms with Gasteiger partial charge in [0.2, 0.25) is 5.91 Å². The number of carbonyl (C=O) groups excluding carboxylic acids is 1. The first-order chi connectivity index (χ1) is 8.47. The number of halogens is 1. The Labute approximate surface area is 106 Å². The van der Waals surface area contributed by atoms with Gasteiger partial charge in [-0.15, -0.1) is 0 Å². The first-order valence-electron chi connectivity index (χ1n) is 5.70. The van der Waals surface area contributed by atoms with Crippen molar-refractivity contribution >= 4 is 11.6 Å². The molecular weight excluding hydrogens is 233 g/mol. The van der Waals surface area contributed by atoms with Gasteiger partial charge in [0.25, 0.3) is 0 Å². The van der Waals surface area contributed by atoms with Gasteiger partial charge in [-0.05, 0) is 32.0 Å². The monoisotopic (exact) mass is 249 g/mol. The molecule has 18 heavy (non-hydrogen) atoms. The fourth-order valence-corrected chi connectivity index (χ4v) is 1.54. The van der Waals surface area contributed by atoms with Crippen LogP contribution in [0.15, 0.2) is 18.2 Å². The molecule has 0 aromatic heterocycles. The standard InChI is InChI=1S/C13H16FN3O/c1-4-17(3)13(18)9(2)16-12-6-10(8-15)5-11(14)7-12/h5-7,9,16H,4H2,1-3H3. The van der Waals surface area contributed by atoms with E-state index >= 15 is 0 Å². The van der Waals surface area contributed by atoms with Crippen LogP contribution in [0.3, 0.4) is 0 Å². The van der Waals surface area contributed by atoms with Crippen molar-refractivity contribution in [3.8, 4) is 6.07 Å². The van der Waals surface area contributed by atoms with Crippen LogP contribution in [0.4, 0.5) is 10.1 Å². The maximum Gasteiger partial charge on any atom is 0.244 e. The van der Waals surface area contributed by atoms with Crippen molar-refractivity contribution in [1.82, 2.24) is 4.90 Å². The van der Waals surface area contributed by atoms with Crippen molar-refractivity contribution in [3.63, 3.8) is 0 Å². The van der Waals surface area contributed by atoms with E-state index in [2.05, 4.69) is 5.32 Å². The average Bonchev–Trinajstić information content (AvgIpc) is 2.35. The lowest BCUT2D eigenvalue weighted by Gasteiger charge is -2.21. The van der Waals surface area contributed by atoms with Gasteiger partial charge in [0.1, 0.15) is 11.9 Å². The number of rotatable bonds is 4. The number of nitrogens with zero attached hydrogens (tertiary/aromatic N) is 2. The molecule has 0 saturated heterocycles. The molecule has 96 valence electrons. The molecule has 1 unspecified atom stereocenters. The van der Waals surface area contributed by atoms with Crippen LogP contribution in [0.25, 0.3) is 0 Å². The molecule has 0 heterocycles. The molecule has 0 bridgehead atoms. The summed E-state index contributed by atoms with van der Waals surface area (Å²) >= 11 is 0. The van der Waals surface area contributed by atoms with Crippen LogP contribution in [0.2, 0.25) is 0 Å². The fourth-order valence-electron chi connectivity index (χ4n) is 1.54. The van der Waals surface area contributed by atoms with Crippen LogP contribution in [0.5, 0.6) is 0 Å². The lowest BCUT2D eigenvalue weighted by atomic mass is 10.2. The minimum absolute atomic E-state index is 0.0831. The summed E-state index contributed by atoms with van der Waals surface area (Å²) in [5.41, 5.74) is 0.651. The first-order valence-corrected chi connectivity index (χ1v) is 5.70. The average molecular weight is 249 g/mol. The van der Waals surface area contributed by atoms with E-state index in [0.29, 0.717) is 12.2 Å². The van der Waals surface area contributed by atoms with Crippen molar-refractivity contribution in [2.24, 2.45) is 0 Å². The molecule has 0 fully saturated rings. The number of anilines is 1. The zero-order chi connectivity index (χ0) is 13.7. The van der Waals surface area contributed by atoms with E-state index in [1.54, 1.807) is 18.9 Å². The number of carbonyl (C=O) groups is 1. The zero-order valence-corrected chi connectivity index (χ0v) is 10.7. The van der Waals surface area contributed by atoms with Gasteiger partial charge in [-0.3, -0.25) is 4.79 Å². The zero-order valence-electron chi connectivity index (χ0n) is 10.7. The number of likely N-dealkylation sites (N-methyl/N-ethyl adjacent to an activating group) is 1. The van der Waals surface area contributed by atoms with Gasteiger partial charge in [-0.2, -0.15) is 5.26 Å². The highest BCUT2D eigenvalue weighted by molar-refractivity contribution is 5.84. The third kappa shape index (κ3) is 3.45. The predicted molar refractivity (Wildman–Crippen MR) is 67.5 cm³/mol. The molecule has 4 nitrogen and oxygen atoms in total. The lowest BCUT2D eigenvalue weighted by Crippen LogP contribution is -2.38. The quantitative estimate of drug-likeness (QED) is 0.887. The van der Waals surface area contributed by atoms with Gasteiger partial charge in [-0.1, -0.05) is 0 Å². The van der Waals surface area contributed by atoms with Gasteiger partial charge in [0.15, 0.2) is 0 Å². The Hall–Kier alpha value is -2.09. The maximum atomic E-state index is 13.2. The SMILES string of the molecule is CCN(C)C(=O)C(C)Nc1cc(F)cc(C#N)c1. The molecule has 0 aliphatic rings. The summed E-state index contributed by atoms with van der Waals surface area (Å²) in [4.78, 5) is 13.4. The van der Waals surface area contributed by atoms with Gasteiger partial charge >= 0.3 is 0 Å². The minimum atomic E-state index is -0.500. The molecule has 1 amide bonds. The highest BCUT2D eigenvalue weighted by atomic mass is 19.1. The van der Waals surface area contributed by atoms with E-state index < -0.39 is 11.9 Å². The lowest BCUT2D eigenvalue weighted by molar-refractivity contribution is -0.130. The topological polar surface area (TPSA) is 56.1 Å². The van der Waals surface area contributed by atoms with Crippen LogP contribution < -0.4 is 5.32 Å². The van der Waals surface area contributed by atoms with Crippen molar-refractivity contribution in [2.75, 3.05) is 18.9 Å². The molecule has 1 N–H and O–H groups in total. The highest BCUT2D eigenvalue weighted by Gasteiger charge is 2.16. The van der Waals surface area contributed by atoms with Crippen molar-refractivity contribution < 1.29 is 9.18 Å². The summed E-state index contributed by atoms with van der Waals surface area (Å²) in [6, 6.07) is 5.32. The second-order valence-electron chi connectivity index (χ2n) is 4.06. The summed E-state index contributed by atoms with van der Waals surface area (Å²) < 4.78 is 13.2. The molecular formula is C13H16FN3O. The number of nitriles is 1. The first kappa shape index (κ1) is 14.0. The number of benzene rings is 1. The van der Waals surface area contributed by atoms with Crippen LogP contribution in [-0.4, -0.2) is 30.4 Å². The molecule has 1 aromatic rings. The minimum Gasteiger partial charge on any atom is -0.374 e. The molecule has 0 aliphatic carbocycles. The Morgan fingerprint density at radius 2 is 2.22 bits per heavy atom. The number of hydrogen-bond donors (Lipinski definition) is 1. The van der Waals surface area contributed by atoms with Crippen LogP contribution >= 0.6 is 0 Å². The third-order valence-electron chi connectivity index (χ3n) is 2.63. The molecule has 0 aliphatic heterocycles. The van der Waals surface area contributed by atoms with Gasteiger partial charge in [-0.25, -0.2) is 4.39 Å². The van der Waals surface area contributed by atoms with Crippen LogP contribution in [0.1, 0.15) is 19.4 Å². The Balaban J connectivity index is 2.82. The largest absolute Gasteiger partial charge is 0.374 e. The molecule has 1 atom stereocenters. The van der Waals surface area contributed by atoms with E-state index in [-0.39, 0.29) is 11.5 Å². The molecule has 0 radical (unpaired) electrons. The van der Waals surface area contributed by atoms with Crippen LogP contribution in [0, 0.1) is 17.1 Å². The second kappa shape index (κ2) is 6.01. The Bertz CT molecular complexity index is 482. The van der Waals surface area contributed by atoms with E-state index in [0.717, 1.165) is 6.07 Å². The van der Waals surface area contributed by atoms with E-state index in [4.69, 9.17) is 5.26 Å². The molecule has 0 spiro atoms. The summed E-state index contributed by atoms with van der Waals surface area (Å²) in [6.07, 6.45) is 0. The van der Waals surface area contributed by atoms with Crippen molar-refractivity contribution in [1.29, 1.82) is 5.26 Å². The smallest absolute Gasteiger partial charge is 0.244 e. The molecule has 1 rings (SSSR count). The van der Waals surface area contributed by atoms with E-state index in [9.17, 15) is 9.18 Å². The normalized spacial score (nSPS) is 11.5. The highest BCUT2D eigenvalue weighted by Crippen LogP contribution is 2.14. The Morgan fingerprint density at radius 1 is 1.56 bits per heavy atom. The number of nitrogens with one attached hydrogen (secondary N) is 1. The number of amides is 1. The van der Waals surface area contributed by atoms with Gasteiger partial charge < -0.3 is 10.2 Å². The van der Waals surface area contributed by atoms with Gasteiger partial charge in [0.05, 0.1) is 11.6 Å². The van der Waals surface area contributed by atoms with Gasteiger partial charge in [0, 0.05) is 19.3 Å². The van der Waals surface area contributed by atoms with Crippen molar-refractivity contribution in [3.05, 3.63) is 29.6 Å².